The summed E-state index contributed by atoms with van der Waals surface area (Å²) < 4.78 is 5.43. The molecule has 1 atom stereocenters. The number of anilines is 2. The second-order valence-corrected chi connectivity index (χ2v) is 9.57. The lowest BCUT2D eigenvalue weighted by molar-refractivity contribution is -0.124. The minimum Gasteiger partial charge on any atom is -0.494 e. The minimum atomic E-state index is -0.913. The number of carbonyl (C=O) groups excluding carboxylic acids is 3. The van der Waals surface area contributed by atoms with Gasteiger partial charge in [0.05, 0.1) is 18.7 Å². The third-order valence-electron chi connectivity index (χ3n) is 5.76. The maximum absolute atomic E-state index is 13.4. The zero-order chi connectivity index (χ0) is 24.9. The number of hydrogen-bond donors (Lipinski definition) is 1. The van der Waals surface area contributed by atoms with Crippen molar-refractivity contribution in [3.05, 3.63) is 75.4 Å². The second kappa shape index (κ2) is 10.9. The van der Waals surface area contributed by atoms with Gasteiger partial charge in [0.15, 0.2) is 0 Å². The third-order valence-corrected chi connectivity index (χ3v) is 7.08. The first kappa shape index (κ1) is 24.8. The largest absolute Gasteiger partial charge is 0.494 e. The van der Waals surface area contributed by atoms with Gasteiger partial charge in [-0.15, -0.1) is 11.3 Å². The fraction of sp³-hybridized carbons (Fsp3) is 0.269. The molecule has 1 N–H and O–H groups in total. The van der Waals surface area contributed by atoms with Crippen LogP contribution in [-0.2, 0) is 16.0 Å². The van der Waals surface area contributed by atoms with Crippen molar-refractivity contribution in [1.29, 1.82) is 0 Å². The Kier molecular flexibility index (Phi) is 7.73. The predicted molar refractivity (Wildman–Crippen MR) is 138 cm³/mol. The van der Waals surface area contributed by atoms with Gasteiger partial charge in [-0.1, -0.05) is 17.7 Å². The first-order chi connectivity index (χ1) is 16.9. The number of imide groups is 1. The molecular weight excluding hydrogens is 486 g/mol. The van der Waals surface area contributed by atoms with Gasteiger partial charge in [-0.05, 0) is 79.7 Å². The Labute approximate surface area is 213 Å². The van der Waals surface area contributed by atoms with Crippen LogP contribution in [-0.4, -0.2) is 41.9 Å². The standard InChI is InChI=1S/C26H26ClN3O4S/c1-3-34-21-9-7-19(8-10-21)28-24(31)16-22-25(32)30(20-6-4-5-18(27)15-20)26(33)29(22)13-11-23-17(2)12-14-35-23/h4-10,12,14-15,22H,3,11,13,16H2,1-2H3,(H,28,31)/t22-/m0/s1. The molecule has 1 aliphatic heterocycles. The van der Waals surface area contributed by atoms with E-state index in [1.54, 1.807) is 59.9 Å². The van der Waals surface area contributed by atoms with E-state index in [-0.39, 0.29) is 12.3 Å². The van der Waals surface area contributed by atoms with Crippen LogP contribution in [0.5, 0.6) is 5.75 Å². The van der Waals surface area contributed by atoms with Crippen LogP contribution < -0.4 is 15.0 Å². The Morgan fingerprint density at radius 1 is 1.14 bits per heavy atom. The first-order valence-corrected chi connectivity index (χ1v) is 12.6. The van der Waals surface area contributed by atoms with Crippen molar-refractivity contribution in [1.82, 2.24) is 4.90 Å². The number of nitrogens with zero attached hydrogens (tertiary/aromatic N) is 2. The van der Waals surface area contributed by atoms with E-state index in [0.29, 0.717) is 41.7 Å². The van der Waals surface area contributed by atoms with Crippen molar-refractivity contribution in [3.8, 4) is 5.75 Å². The predicted octanol–water partition coefficient (Wildman–Crippen LogP) is 5.52. The maximum Gasteiger partial charge on any atom is 0.332 e. The van der Waals surface area contributed by atoms with Crippen molar-refractivity contribution in [2.75, 3.05) is 23.4 Å². The zero-order valence-corrected chi connectivity index (χ0v) is 21.1. The Morgan fingerprint density at radius 3 is 2.57 bits per heavy atom. The molecule has 1 saturated heterocycles. The van der Waals surface area contributed by atoms with Gasteiger partial charge < -0.3 is 15.0 Å². The summed E-state index contributed by atoms with van der Waals surface area (Å²) in [4.78, 5) is 43.4. The molecule has 0 spiro atoms. The van der Waals surface area contributed by atoms with Crippen LogP contribution in [0.4, 0.5) is 16.2 Å². The molecule has 0 saturated carbocycles. The molecule has 2 heterocycles. The summed E-state index contributed by atoms with van der Waals surface area (Å²) in [5.41, 5.74) is 2.12. The quantitative estimate of drug-likeness (QED) is 0.384. The minimum absolute atomic E-state index is 0.154. The topological polar surface area (TPSA) is 79.0 Å². The van der Waals surface area contributed by atoms with E-state index >= 15 is 0 Å². The third kappa shape index (κ3) is 5.66. The van der Waals surface area contributed by atoms with Crippen LogP contribution in [0.15, 0.2) is 60.0 Å². The number of urea groups is 1. The number of halogens is 1. The van der Waals surface area contributed by atoms with Crippen molar-refractivity contribution in [2.45, 2.75) is 32.7 Å². The van der Waals surface area contributed by atoms with Crippen molar-refractivity contribution < 1.29 is 19.1 Å². The molecule has 0 bridgehead atoms. The summed E-state index contributed by atoms with van der Waals surface area (Å²) in [5.74, 6) is -0.0955. The SMILES string of the molecule is CCOc1ccc(NC(=O)C[C@H]2C(=O)N(c3cccc(Cl)c3)C(=O)N2CCc2sccc2C)cc1. The lowest BCUT2D eigenvalue weighted by atomic mass is 10.1. The molecule has 9 heteroatoms. The highest BCUT2D eigenvalue weighted by Crippen LogP contribution is 2.30. The van der Waals surface area contributed by atoms with E-state index in [1.165, 1.54) is 4.90 Å². The molecule has 0 unspecified atom stereocenters. The van der Waals surface area contributed by atoms with Crippen molar-refractivity contribution in [3.63, 3.8) is 0 Å². The number of ether oxygens (including phenoxy) is 1. The summed E-state index contributed by atoms with van der Waals surface area (Å²) in [6.07, 6.45) is 0.446. The first-order valence-electron chi connectivity index (χ1n) is 11.3. The number of carbonyl (C=O) groups is 3. The monoisotopic (exact) mass is 511 g/mol. The molecule has 3 aromatic rings. The summed E-state index contributed by atoms with van der Waals surface area (Å²) in [6, 6.07) is 14.2. The van der Waals surface area contributed by atoms with Crippen LogP contribution in [0.25, 0.3) is 0 Å². The molecule has 1 aromatic heterocycles. The highest BCUT2D eigenvalue weighted by Gasteiger charge is 2.46. The zero-order valence-electron chi connectivity index (χ0n) is 19.5. The second-order valence-electron chi connectivity index (χ2n) is 8.13. The maximum atomic E-state index is 13.4. The van der Waals surface area contributed by atoms with Gasteiger partial charge in [0.25, 0.3) is 5.91 Å². The molecule has 4 amide bonds. The highest BCUT2D eigenvalue weighted by molar-refractivity contribution is 7.10. The van der Waals surface area contributed by atoms with Crippen LogP contribution >= 0.6 is 22.9 Å². The van der Waals surface area contributed by atoms with Gasteiger partial charge in [-0.25, -0.2) is 9.69 Å². The lowest BCUT2D eigenvalue weighted by Crippen LogP contribution is -2.39. The van der Waals surface area contributed by atoms with Gasteiger partial charge in [-0.2, -0.15) is 0 Å². The summed E-state index contributed by atoms with van der Waals surface area (Å²) in [7, 11) is 0. The number of hydrogen-bond acceptors (Lipinski definition) is 5. The molecule has 0 radical (unpaired) electrons. The number of thiophene rings is 1. The average molecular weight is 512 g/mol. The van der Waals surface area contributed by atoms with Gasteiger partial charge in [0.1, 0.15) is 11.8 Å². The van der Waals surface area contributed by atoms with E-state index in [1.807, 2.05) is 25.3 Å². The van der Waals surface area contributed by atoms with Crippen LogP contribution in [0.2, 0.25) is 5.02 Å². The molecule has 1 aliphatic rings. The molecule has 182 valence electrons. The fourth-order valence-electron chi connectivity index (χ4n) is 4.01. The van der Waals surface area contributed by atoms with E-state index < -0.39 is 18.0 Å². The van der Waals surface area contributed by atoms with Crippen molar-refractivity contribution in [2.24, 2.45) is 0 Å². The summed E-state index contributed by atoms with van der Waals surface area (Å²) in [6.45, 7) is 4.79. The molecule has 7 nitrogen and oxygen atoms in total. The van der Waals surface area contributed by atoms with Gasteiger partial charge in [0, 0.05) is 22.1 Å². The Bertz CT molecular complexity index is 1230. The number of aryl methyl sites for hydroxylation is 1. The van der Waals surface area contributed by atoms with E-state index in [0.717, 1.165) is 15.3 Å². The fourth-order valence-corrected chi connectivity index (χ4v) is 5.10. The molecule has 1 fully saturated rings. The molecule has 35 heavy (non-hydrogen) atoms. The Morgan fingerprint density at radius 2 is 1.91 bits per heavy atom. The van der Waals surface area contributed by atoms with Crippen LogP contribution in [0.3, 0.4) is 0 Å². The lowest BCUT2D eigenvalue weighted by Gasteiger charge is -2.21. The number of rotatable bonds is 9. The average Bonchev–Trinajstić information content (AvgIpc) is 3.33. The van der Waals surface area contributed by atoms with E-state index in [9.17, 15) is 14.4 Å². The van der Waals surface area contributed by atoms with Crippen LogP contribution in [0.1, 0.15) is 23.8 Å². The Hall–Kier alpha value is -3.36. The van der Waals surface area contributed by atoms with Crippen molar-refractivity contribution >= 4 is 52.2 Å². The molecular formula is C26H26ClN3O4S. The van der Waals surface area contributed by atoms with Gasteiger partial charge in [-0.3, -0.25) is 9.59 Å². The summed E-state index contributed by atoms with van der Waals surface area (Å²) in [5, 5.41) is 5.23. The molecule has 0 aliphatic carbocycles. The number of benzene rings is 2. The van der Waals surface area contributed by atoms with Crippen LogP contribution in [0, 0.1) is 6.92 Å². The molecule has 4 rings (SSSR count). The Balaban J connectivity index is 1.53. The summed E-state index contributed by atoms with van der Waals surface area (Å²) >= 11 is 7.72. The molecule has 2 aromatic carbocycles. The van der Waals surface area contributed by atoms with Gasteiger partial charge in [0.2, 0.25) is 5.91 Å². The van der Waals surface area contributed by atoms with E-state index in [4.69, 9.17) is 16.3 Å². The highest BCUT2D eigenvalue weighted by atomic mass is 35.5. The van der Waals surface area contributed by atoms with Gasteiger partial charge >= 0.3 is 6.03 Å². The van der Waals surface area contributed by atoms with E-state index in [2.05, 4.69) is 5.32 Å². The number of amides is 4. The smallest absolute Gasteiger partial charge is 0.332 e. The number of nitrogens with one attached hydrogen (secondary N) is 1. The normalized spacial score (nSPS) is 15.6.